The lowest BCUT2D eigenvalue weighted by molar-refractivity contribution is -0.121. The van der Waals surface area contributed by atoms with Gasteiger partial charge >= 0.3 is 0 Å². The Morgan fingerprint density at radius 3 is 2.79 bits per heavy atom. The lowest BCUT2D eigenvalue weighted by Gasteiger charge is -2.21. The van der Waals surface area contributed by atoms with E-state index >= 15 is 0 Å². The van der Waals surface area contributed by atoms with E-state index in [-0.39, 0.29) is 30.5 Å². The van der Waals surface area contributed by atoms with Crippen LogP contribution in [0.25, 0.3) is 0 Å². The number of hydrogen-bond acceptors (Lipinski definition) is 5. The molecule has 0 aromatic carbocycles. The van der Waals surface area contributed by atoms with E-state index in [9.17, 15) is 9.59 Å². The van der Waals surface area contributed by atoms with Crippen LogP contribution < -0.4 is 5.32 Å². The number of carbonyl (C=O) groups is 2. The summed E-state index contributed by atoms with van der Waals surface area (Å²) in [7, 11) is 0. The number of nitrogens with zero attached hydrogens (tertiary/aromatic N) is 3. The zero-order chi connectivity index (χ0) is 16.9. The van der Waals surface area contributed by atoms with Gasteiger partial charge in [0.25, 0.3) is 5.91 Å². The minimum Gasteiger partial charge on any atom is -0.467 e. The number of aryl methyl sites for hydroxylation is 1. The van der Waals surface area contributed by atoms with Gasteiger partial charge < -0.3 is 14.6 Å². The molecule has 24 heavy (non-hydrogen) atoms. The molecule has 1 aliphatic carbocycles. The van der Waals surface area contributed by atoms with Gasteiger partial charge in [-0.05, 0) is 31.9 Å². The van der Waals surface area contributed by atoms with Crippen molar-refractivity contribution in [1.82, 2.24) is 20.2 Å². The zero-order valence-corrected chi connectivity index (χ0v) is 13.6. The molecular formula is C17H20N4O3. The number of rotatable bonds is 7. The molecule has 0 bridgehead atoms. The first kappa shape index (κ1) is 16.2. The molecule has 2 aromatic rings. The van der Waals surface area contributed by atoms with Crippen molar-refractivity contribution in [2.45, 2.75) is 38.8 Å². The molecule has 2 heterocycles. The summed E-state index contributed by atoms with van der Waals surface area (Å²) in [5, 5.41) is 2.93. The van der Waals surface area contributed by atoms with Gasteiger partial charge in [-0.2, -0.15) is 0 Å². The maximum atomic E-state index is 12.7. The van der Waals surface area contributed by atoms with Gasteiger partial charge in [0, 0.05) is 25.2 Å². The molecule has 126 valence electrons. The molecule has 2 amide bonds. The second-order valence-electron chi connectivity index (χ2n) is 5.94. The molecule has 0 spiro atoms. The quantitative estimate of drug-likeness (QED) is 0.835. The van der Waals surface area contributed by atoms with Crippen molar-refractivity contribution >= 4 is 11.8 Å². The number of carbonyl (C=O) groups excluding carboxylic acids is 2. The lowest BCUT2D eigenvalue weighted by atomic mass is 10.3. The van der Waals surface area contributed by atoms with E-state index < -0.39 is 0 Å². The van der Waals surface area contributed by atoms with Gasteiger partial charge in [-0.15, -0.1) is 0 Å². The van der Waals surface area contributed by atoms with Gasteiger partial charge in [-0.3, -0.25) is 14.6 Å². The van der Waals surface area contributed by atoms with Crippen LogP contribution in [0.1, 0.15) is 41.2 Å². The van der Waals surface area contributed by atoms with Gasteiger partial charge in [0.2, 0.25) is 5.91 Å². The van der Waals surface area contributed by atoms with Crippen molar-refractivity contribution < 1.29 is 14.0 Å². The van der Waals surface area contributed by atoms with Crippen molar-refractivity contribution in [3.05, 3.63) is 47.9 Å². The Morgan fingerprint density at radius 2 is 2.17 bits per heavy atom. The topological polar surface area (TPSA) is 88.3 Å². The largest absolute Gasteiger partial charge is 0.467 e. The van der Waals surface area contributed by atoms with Crippen LogP contribution in [0.15, 0.2) is 35.2 Å². The Morgan fingerprint density at radius 1 is 1.33 bits per heavy atom. The third-order valence-electron chi connectivity index (χ3n) is 3.77. The standard InChI is InChI=1S/C17H20N4O3/c1-12-9-19-15(10-18-12)17(23)21(11-14-3-2-8-24-14)7-6-16(22)20-13-4-5-13/h2-3,8-10,13H,4-7,11H2,1H3,(H,20,22). The van der Waals surface area contributed by atoms with Gasteiger partial charge in [0.05, 0.1) is 24.7 Å². The Balaban J connectivity index is 1.66. The van der Waals surface area contributed by atoms with Crippen molar-refractivity contribution in [3.63, 3.8) is 0 Å². The Hall–Kier alpha value is -2.70. The summed E-state index contributed by atoms with van der Waals surface area (Å²) in [5.74, 6) is 0.355. The van der Waals surface area contributed by atoms with E-state index in [0.717, 1.165) is 18.5 Å². The molecule has 1 aliphatic rings. The minimum absolute atomic E-state index is 0.0373. The fourth-order valence-electron chi connectivity index (χ4n) is 2.27. The Bertz CT molecular complexity index is 693. The van der Waals surface area contributed by atoms with Crippen LogP contribution in [0.3, 0.4) is 0 Å². The summed E-state index contributed by atoms with van der Waals surface area (Å²) >= 11 is 0. The fraction of sp³-hybridized carbons (Fsp3) is 0.412. The van der Waals surface area contributed by atoms with Gasteiger partial charge in [-0.1, -0.05) is 0 Å². The number of hydrogen-bond donors (Lipinski definition) is 1. The average molecular weight is 328 g/mol. The third-order valence-corrected chi connectivity index (χ3v) is 3.77. The maximum Gasteiger partial charge on any atom is 0.274 e. The van der Waals surface area contributed by atoms with E-state index in [0.29, 0.717) is 18.3 Å². The van der Waals surface area contributed by atoms with Crippen molar-refractivity contribution in [3.8, 4) is 0 Å². The van der Waals surface area contributed by atoms with Crippen LogP contribution >= 0.6 is 0 Å². The third kappa shape index (κ3) is 4.41. The molecule has 1 saturated carbocycles. The first-order valence-electron chi connectivity index (χ1n) is 8.01. The predicted octanol–water partition coefficient (Wildman–Crippen LogP) is 1.69. The highest BCUT2D eigenvalue weighted by atomic mass is 16.3. The average Bonchev–Trinajstić information content (AvgIpc) is 3.23. The van der Waals surface area contributed by atoms with Crippen LogP contribution in [0.2, 0.25) is 0 Å². The Kier molecular flexibility index (Phi) is 4.88. The molecule has 7 nitrogen and oxygen atoms in total. The fourth-order valence-corrected chi connectivity index (χ4v) is 2.27. The molecule has 0 aliphatic heterocycles. The summed E-state index contributed by atoms with van der Waals surface area (Å²) in [6.45, 7) is 2.40. The highest BCUT2D eigenvalue weighted by Crippen LogP contribution is 2.18. The Labute approximate surface area is 140 Å². The van der Waals surface area contributed by atoms with Gasteiger partial charge in [0.15, 0.2) is 0 Å². The molecule has 7 heteroatoms. The number of aromatic nitrogens is 2. The second kappa shape index (κ2) is 7.25. The van der Waals surface area contributed by atoms with Crippen molar-refractivity contribution in [2.24, 2.45) is 0 Å². The molecule has 0 saturated heterocycles. The molecule has 3 rings (SSSR count). The maximum absolute atomic E-state index is 12.7. The molecule has 2 aromatic heterocycles. The summed E-state index contributed by atoms with van der Waals surface area (Å²) < 4.78 is 5.32. The predicted molar refractivity (Wildman–Crippen MR) is 86.0 cm³/mol. The minimum atomic E-state index is -0.266. The molecule has 0 atom stereocenters. The molecule has 1 N–H and O–H groups in total. The smallest absolute Gasteiger partial charge is 0.274 e. The summed E-state index contributed by atoms with van der Waals surface area (Å²) in [4.78, 5) is 34.4. The first-order chi connectivity index (χ1) is 11.6. The van der Waals surface area contributed by atoms with E-state index in [2.05, 4.69) is 15.3 Å². The molecule has 0 radical (unpaired) electrons. The van der Waals surface area contributed by atoms with E-state index in [1.54, 1.807) is 29.5 Å². The van der Waals surface area contributed by atoms with Crippen LogP contribution in [0, 0.1) is 6.92 Å². The highest BCUT2D eigenvalue weighted by Gasteiger charge is 2.24. The first-order valence-corrected chi connectivity index (χ1v) is 8.01. The van der Waals surface area contributed by atoms with Gasteiger partial charge in [0.1, 0.15) is 11.5 Å². The van der Waals surface area contributed by atoms with Crippen LogP contribution in [-0.4, -0.2) is 39.3 Å². The SMILES string of the molecule is Cc1cnc(C(=O)N(CCC(=O)NC2CC2)Cc2ccco2)cn1. The van der Waals surface area contributed by atoms with Crippen LogP contribution in [-0.2, 0) is 11.3 Å². The summed E-state index contributed by atoms with van der Waals surface area (Å²) in [6, 6.07) is 3.88. The van der Waals surface area contributed by atoms with Crippen LogP contribution in [0.5, 0.6) is 0 Å². The summed E-state index contributed by atoms with van der Waals surface area (Å²) in [6.07, 6.45) is 6.90. The normalized spacial score (nSPS) is 13.5. The molecule has 1 fully saturated rings. The van der Waals surface area contributed by atoms with Crippen LogP contribution in [0.4, 0.5) is 0 Å². The van der Waals surface area contributed by atoms with E-state index in [1.807, 2.05) is 6.92 Å². The number of furan rings is 1. The van der Waals surface area contributed by atoms with E-state index in [1.165, 1.54) is 6.20 Å². The van der Waals surface area contributed by atoms with E-state index in [4.69, 9.17) is 4.42 Å². The molecule has 0 unspecified atom stereocenters. The summed E-state index contributed by atoms with van der Waals surface area (Å²) in [5.41, 5.74) is 1.00. The number of amides is 2. The monoisotopic (exact) mass is 328 g/mol. The van der Waals surface area contributed by atoms with Crippen molar-refractivity contribution in [2.75, 3.05) is 6.54 Å². The highest BCUT2D eigenvalue weighted by molar-refractivity contribution is 5.92. The zero-order valence-electron chi connectivity index (χ0n) is 13.6. The van der Waals surface area contributed by atoms with Gasteiger partial charge in [-0.25, -0.2) is 4.98 Å². The molecular weight excluding hydrogens is 308 g/mol. The second-order valence-corrected chi connectivity index (χ2v) is 5.94. The lowest BCUT2D eigenvalue weighted by Crippen LogP contribution is -2.35. The number of nitrogens with one attached hydrogen (secondary N) is 1. The van der Waals surface area contributed by atoms with Crippen molar-refractivity contribution in [1.29, 1.82) is 0 Å².